The van der Waals surface area contributed by atoms with Crippen LogP contribution < -0.4 is 0 Å². The van der Waals surface area contributed by atoms with Gasteiger partial charge in [-0.3, -0.25) is 4.90 Å². The summed E-state index contributed by atoms with van der Waals surface area (Å²) in [4.78, 5) is 3.79. The van der Waals surface area contributed by atoms with Crippen LogP contribution in [-0.4, -0.2) is 37.0 Å². The van der Waals surface area contributed by atoms with Crippen molar-refractivity contribution in [1.82, 2.24) is 4.90 Å². The van der Waals surface area contributed by atoms with Crippen molar-refractivity contribution >= 4 is 11.8 Å². The highest BCUT2D eigenvalue weighted by atomic mass is 32.2. The van der Waals surface area contributed by atoms with E-state index in [1.165, 1.54) is 10.5 Å². The molecule has 0 aromatic heterocycles. The summed E-state index contributed by atoms with van der Waals surface area (Å²) in [5, 5.41) is 0. The number of nitrogens with zero attached hydrogens (tertiary/aromatic N) is 1. The van der Waals surface area contributed by atoms with Crippen molar-refractivity contribution in [3.63, 3.8) is 0 Å². The van der Waals surface area contributed by atoms with Gasteiger partial charge in [0.15, 0.2) is 0 Å². The van der Waals surface area contributed by atoms with E-state index < -0.39 is 0 Å². The van der Waals surface area contributed by atoms with E-state index in [4.69, 9.17) is 4.74 Å². The van der Waals surface area contributed by atoms with Gasteiger partial charge >= 0.3 is 0 Å². The third kappa shape index (κ3) is 3.24. The van der Waals surface area contributed by atoms with E-state index in [0.29, 0.717) is 6.10 Å². The van der Waals surface area contributed by atoms with Crippen LogP contribution in [0.5, 0.6) is 0 Å². The number of rotatable bonds is 3. The van der Waals surface area contributed by atoms with Crippen molar-refractivity contribution in [3.8, 4) is 0 Å². The molecule has 1 unspecified atom stereocenters. The van der Waals surface area contributed by atoms with Crippen LogP contribution in [0.1, 0.15) is 12.5 Å². The van der Waals surface area contributed by atoms with Gasteiger partial charge in [0.1, 0.15) is 0 Å². The zero-order valence-corrected chi connectivity index (χ0v) is 10.8. The Balaban J connectivity index is 1.92. The van der Waals surface area contributed by atoms with Crippen LogP contribution in [0.15, 0.2) is 29.2 Å². The molecule has 0 bridgehead atoms. The number of morpholine rings is 1. The van der Waals surface area contributed by atoms with Crippen molar-refractivity contribution in [1.29, 1.82) is 0 Å². The molecule has 1 fully saturated rings. The fourth-order valence-corrected chi connectivity index (χ4v) is 2.43. The lowest BCUT2D eigenvalue weighted by Gasteiger charge is -2.31. The molecule has 1 aliphatic heterocycles. The van der Waals surface area contributed by atoms with Crippen molar-refractivity contribution in [2.24, 2.45) is 0 Å². The maximum atomic E-state index is 5.54. The van der Waals surface area contributed by atoms with E-state index in [9.17, 15) is 0 Å². The highest BCUT2D eigenvalue weighted by Crippen LogP contribution is 2.16. The molecule has 1 atom stereocenters. The van der Waals surface area contributed by atoms with E-state index in [1.807, 2.05) is 0 Å². The number of hydrogen-bond donors (Lipinski definition) is 0. The predicted octanol–water partition coefficient (Wildman–Crippen LogP) is 2.63. The molecule has 0 aliphatic carbocycles. The van der Waals surface area contributed by atoms with Gasteiger partial charge in [0.05, 0.1) is 12.7 Å². The summed E-state index contributed by atoms with van der Waals surface area (Å²) in [6.45, 7) is 6.15. The monoisotopic (exact) mass is 237 g/mol. The third-order valence-electron chi connectivity index (χ3n) is 2.89. The lowest BCUT2D eigenvalue weighted by atomic mass is 10.2. The van der Waals surface area contributed by atoms with Gasteiger partial charge in [0.25, 0.3) is 0 Å². The van der Waals surface area contributed by atoms with Crippen LogP contribution in [0.25, 0.3) is 0 Å². The molecule has 1 aliphatic rings. The molecule has 0 radical (unpaired) electrons. The standard InChI is InChI=1S/C13H19NOS/c1-11-9-14(7-8-15-11)10-12-3-5-13(16-2)6-4-12/h3-6,11H,7-10H2,1-2H3. The zero-order valence-electron chi connectivity index (χ0n) is 9.98. The molecule has 88 valence electrons. The molecule has 0 spiro atoms. The fraction of sp³-hybridized carbons (Fsp3) is 0.538. The largest absolute Gasteiger partial charge is 0.376 e. The normalized spacial score (nSPS) is 22.2. The van der Waals surface area contributed by atoms with Gasteiger partial charge in [0, 0.05) is 24.5 Å². The van der Waals surface area contributed by atoms with Crippen molar-refractivity contribution in [3.05, 3.63) is 29.8 Å². The lowest BCUT2D eigenvalue weighted by molar-refractivity contribution is -0.0212. The zero-order chi connectivity index (χ0) is 11.4. The SMILES string of the molecule is CSc1ccc(CN2CCOC(C)C2)cc1. The molecule has 16 heavy (non-hydrogen) atoms. The molecule has 0 amide bonds. The molecular weight excluding hydrogens is 218 g/mol. The second-order valence-corrected chi connectivity index (χ2v) is 5.14. The second kappa shape index (κ2) is 5.71. The molecule has 1 heterocycles. The predicted molar refractivity (Wildman–Crippen MR) is 68.9 cm³/mol. The number of hydrogen-bond acceptors (Lipinski definition) is 3. The Morgan fingerprint density at radius 3 is 2.75 bits per heavy atom. The van der Waals surface area contributed by atoms with E-state index >= 15 is 0 Å². The summed E-state index contributed by atoms with van der Waals surface area (Å²) in [7, 11) is 0. The van der Waals surface area contributed by atoms with Gasteiger partial charge in [-0.2, -0.15) is 0 Å². The van der Waals surface area contributed by atoms with Crippen LogP contribution in [0, 0.1) is 0 Å². The quantitative estimate of drug-likeness (QED) is 0.750. The highest BCUT2D eigenvalue weighted by molar-refractivity contribution is 7.98. The van der Waals surface area contributed by atoms with Gasteiger partial charge in [-0.05, 0) is 30.9 Å². The molecule has 3 heteroatoms. The lowest BCUT2D eigenvalue weighted by Crippen LogP contribution is -2.40. The van der Waals surface area contributed by atoms with E-state index in [0.717, 1.165) is 26.2 Å². The Morgan fingerprint density at radius 1 is 1.38 bits per heavy atom. The van der Waals surface area contributed by atoms with Crippen LogP contribution in [0.4, 0.5) is 0 Å². The van der Waals surface area contributed by atoms with E-state index in [1.54, 1.807) is 11.8 Å². The topological polar surface area (TPSA) is 12.5 Å². The molecule has 0 N–H and O–H groups in total. The third-order valence-corrected chi connectivity index (χ3v) is 3.63. The Kier molecular flexibility index (Phi) is 4.27. The first-order valence-corrected chi connectivity index (χ1v) is 6.97. The van der Waals surface area contributed by atoms with E-state index in [2.05, 4.69) is 42.3 Å². The molecule has 0 saturated carbocycles. The van der Waals surface area contributed by atoms with Crippen LogP contribution in [0.2, 0.25) is 0 Å². The highest BCUT2D eigenvalue weighted by Gasteiger charge is 2.16. The summed E-state index contributed by atoms with van der Waals surface area (Å²) in [6, 6.07) is 8.85. The van der Waals surface area contributed by atoms with Crippen LogP contribution >= 0.6 is 11.8 Å². The molecule has 1 aromatic rings. The van der Waals surface area contributed by atoms with Gasteiger partial charge < -0.3 is 4.74 Å². The smallest absolute Gasteiger partial charge is 0.0674 e. The molecule has 1 aromatic carbocycles. The maximum Gasteiger partial charge on any atom is 0.0674 e. The summed E-state index contributed by atoms with van der Waals surface area (Å²) >= 11 is 1.79. The van der Waals surface area contributed by atoms with Crippen molar-refractivity contribution in [2.45, 2.75) is 24.5 Å². The van der Waals surface area contributed by atoms with Crippen LogP contribution in [0.3, 0.4) is 0 Å². The maximum absolute atomic E-state index is 5.54. The van der Waals surface area contributed by atoms with Gasteiger partial charge in [-0.15, -0.1) is 11.8 Å². The summed E-state index contributed by atoms with van der Waals surface area (Å²) in [5.41, 5.74) is 1.40. The van der Waals surface area contributed by atoms with Gasteiger partial charge in [-0.1, -0.05) is 12.1 Å². The molecule has 2 rings (SSSR count). The first kappa shape index (κ1) is 12.0. The first-order chi connectivity index (χ1) is 7.78. The second-order valence-electron chi connectivity index (χ2n) is 4.26. The first-order valence-electron chi connectivity index (χ1n) is 5.75. The summed E-state index contributed by atoms with van der Waals surface area (Å²) in [6.07, 6.45) is 2.48. The molecule has 2 nitrogen and oxygen atoms in total. The Bertz CT molecular complexity index is 325. The fourth-order valence-electron chi connectivity index (χ4n) is 2.02. The molecule has 1 saturated heterocycles. The molecular formula is C13H19NOS. The Hall–Kier alpha value is -0.510. The van der Waals surface area contributed by atoms with E-state index in [-0.39, 0.29) is 0 Å². The Labute approximate surface area is 102 Å². The van der Waals surface area contributed by atoms with Gasteiger partial charge in [0.2, 0.25) is 0 Å². The average Bonchev–Trinajstić information content (AvgIpc) is 2.30. The number of benzene rings is 1. The van der Waals surface area contributed by atoms with Crippen LogP contribution in [-0.2, 0) is 11.3 Å². The van der Waals surface area contributed by atoms with Gasteiger partial charge in [-0.25, -0.2) is 0 Å². The number of ether oxygens (including phenoxy) is 1. The van der Waals surface area contributed by atoms with Crippen molar-refractivity contribution in [2.75, 3.05) is 26.0 Å². The minimum absolute atomic E-state index is 0.374. The summed E-state index contributed by atoms with van der Waals surface area (Å²) < 4.78 is 5.54. The average molecular weight is 237 g/mol. The minimum atomic E-state index is 0.374. The minimum Gasteiger partial charge on any atom is -0.376 e. The summed E-state index contributed by atoms with van der Waals surface area (Å²) in [5.74, 6) is 0. The van der Waals surface area contributed by atoms with Crippen molar-refractivity contribution < 1.29 is 4.74 Å². The Morgan fingerprint density at radius 2 is 2.12 bits per heavy atom. The number of thioether (sulfide) groups is 1.